The van der Waals surface area contributed by atoms with Gasteiger partial charge in [0.15, 0.2) is 6.61 Å². The average Bonchev–Trinajstić information content (AvgIpc) is 3.15. The number of pyridine rings is 1. The maximum absolute atomic E-state index is 12.9. The maximum atomic E-state index is 12.9. The monoisotopic (exact) mass is 380 g/mol. The van der Waals surface area contributed by atoms with Crippen LogP contribution in [0.3, 0.4) is 0 Å². The van der Waals surface area contributed by atoms with E-state index < -0.39 is 5.97 Å². The Morgan fingerprint density at radius 3 is 2.82 bits per heavy atom. The van der Waals surface area contributed by atoms with Gasteiger partial charge in [-0.15, -0.1) is 0 Å². The summed E-state index contributed by atoms with van der Waals surface area (Å²) < 4.78 is 5.45. The van der Waals surface area contributed by atoms with Crippen molar-refractivity contribution in [1.82, 2.24) is 10.3 Å². The maximum Gasteiger partial charge on any atom is 0.339 e. The number of esters is 1. The van der Waals surface area contributed by atoms with Crippen molar-refractivity contribution in [2.45, 2.75) is 58.4 Å². The Balaban J connectivity index is 1.47. The molecule has 3 atom stereocenters. The predicted octanol–water partition coefficient (Wildman–Crippen LogP) is 3.82. The first-order valence-corrected chi connectivity index (χ1v) is 10.4. The Bertz CT molecular complexity index is 908. The molecule has 1 aromatic carbocycles. The van der Waals surface area contributed by atoms with Crippen LogP contribution in [0.25, 0.3) is 10.9 Å². The summed E-state index contributed by atoms with van der Waals surface area (Å²) in [6, 6.07) is 7.82. The van der Waals surface area contributed by atoms with Gasteiger partial charge in [0.25, 0.3) is 5.91 Å². The van der Waals surface area contributed by atoms with Crippen LogP contribution in [-0.2, 0) is 22.4 Å². The van der Waals surface area contributed by atoms with E-state index in [4.69, 9.17) is 9.72 Å². The van der Waals surface area contributed by atoms with Crippen LogP contribution in [0.2, 0.25) is 0 Å². The van der Waals surface area contributed by atoms with Gasteiger partial charge in [0, 0.05) is 17.1 Å². The van der Waals surface area contributed by atoms with Crippen LogP contribution in [0.5, 0.6) is 0 Å². The molecule has 0 aliphatic heterocycles. The molecule has 0 spiro atoms. The number of para-hydroxylation sites is 1. The molecule has 2 aliphatic carbocycles. The molecule has 148 valence electrons. The summed E-state index contributed by atoms with van der Waals surface area (Å²) in [6.45, 7) is 4.19. The number of hydrogen-bond acceptors (Lipinski definition) is 4. The van der Waals surface area contributed by atoms with Gasteiger partial charge >= 0.3 is 5.97 Å². The van der Waals surface area contributed by atoms with Gasteiger partial charge in [-0.2, -0.15) is 0 Å². The lowest BCUT2D eigenvalue weighted by Gasteiger charge is -2.34. The molecule has 0 radical (unpaired) electrons. The quantitative estimate of drug-likeness (QED) is 0.819. The van der Waals surface area contributed by atoms with Gasteiger partial charge in [0.1, 0.15) is 0 Å². The summed E-state index contributed by atoms with van der Waals surface area (Å²) in [5.41, 5.74) is 3.37. The first-order valence-electron chi connectivity index (χ1n) is 10.4. The van der Waals surface area contributed by atoms with E-state index in [0.717, 1.165) is 54.3 Å². The number of benzene rings is 1. The molecule has 1 N–H and O–H groups in total. The lowest BCUT2D eigenvalue weighted by Crippen LogP contribution is -2.45. The van der Waals surface area contributed by atoms with Gasteiger partial charge < -0.3 is 10.1 Å². The summed E-state index contributed by atoms with van der Waals surface area (Å²) in [7, 11) is 0. The fraction of sp³-hybridized carbons (Fsp3) is 0.522. The van der Waals surface area contributed by atoms with Gasteiger partial charge in [0.05, 0.1) is 11.1 Å². The molecule has 1 fully saturated rings. The molecule has 5 nitrogen and oxygen atoms in total. The Hall–Kier alpha value is -2.43. The van der Waals surface area contributed by atoms with Crippen molar-refractivity contribution in [2.24, 2.45) is 11.8 Å². The standard InChI is InChI=1S/C23H28N2O3/c1-14-7-5-11-18(15(14)2)25-21(26)13-28-23(27)22-16-8-3-4-10-19(16)24-20-12-6-9-17(20)22/h3-4,8,10,14-15,18H,5-7,9,11-13H2,1-2H3,(H,25,26)/t14-,15-,18-/m1/s1. The first-order chi connectivity index (χ1) is 13.5. The summed E-state index contributed by atoms with van der Waals surface area (Å²) in [4.78, 5) is 30.0. The second kappa shape index (κ2) is 7.90. The van der Waals surface area contributed by atoms with Gasteiger partial charge in [-0.05, 0) is 49.1 Å². The number of carbonyl (C=O) groups is 2. The zero-order chi connectivity index (χ0) is 19.7. The normalized spacial score (nSPS) is 24.0. The van der Waals surface area contributed by atoms with Gasteiger partial charge in [-0.3, -0.25) is 9.78 Å². The summed E-state index contributed by atoms with van der Waals surface area (Å²) in [5, 5.41) is 3.88. The molecular weight excluding hydrogens is 352 g/mol. The number of hydrogen-bond donors (Lipinski definition) is 1. The Kier molecular flexibility index (Phi) is 5.33. The zero-order valence-electron chi connectivity index (χ0n) is 16.7. The molecule has 1 amide bonds. The van der Waals surface area contributed by atoms with Crippen LogP contribution in [-0.4, -0.2) is 29.5 Å². The van der Waals surface area contributed by atoms with E-state index in [1.54, 1.807) is 0 Å². The Morgan fingerprint density at radius 1 is 1.14 bits per heavy atom. The number of nitrogens with one attached hydrogen (secondary N) is 1. The minimum Gasteiger partial charge on any atom is -0.452 e. The number of rotatable bonds is 4. The van der Waals surface area contributed by atoms with Crippen molar-refractivity contribution in [2.75, 3.05) is 6.61 Å². The van der Waals surface area contributed by atoms with Crippen LogP contribution in [0.4, 0.5) is 0 Å². The lowest BCUT2D eigenvalue weighted by molar-refractivity contribution is -0.125. The third-order valence-electron chi connectivity index (χ3n) is 6.51. The van der Waals surface area contributed by atoms with Crippen LogP contribution in [0.1, 0.15) is 61.1 Å². The van der Waals surface area contributed by atoms with Gasteiger partial charge in [-0.25, -0.2) is 4.79 Å². The molecule has 4 rings (SSSR count). The van der Waals surface area contributed by atoms with Crippen molar-refractivity contribution in [3.63, 3.8) is 0 Å². The van der Waals surface area contributed by atoms with Crippen molar-refractivity contribution < 1.29 is 14.3 Å². The smallest absolute Gasteiger partial charge is 0.339 e. The second-order valence-electron chi connectivity index (χ2n) is 8.30. The van der Waals surface area contributed by atoms with E-state index in [1.165, 1.54) is 6.42 Å². The van der Waals surface area contributed by atoms with Crippen molar-refractivity contribution >= 4 is 22.8 Å². The molecular formula is C23H28N2O3. The first kappa shape index (κ1) is 18.9. The third kappa shape index (κ3) is 3.62. The highest BCUT2D eigenvalue weighted by molar-refractivity contribution is 6.05. The highest BCUT2D eigenvalue weighted by atomic mass is 16.5. The molecule has 2 aliphatic rings. The van der Waals surface area contributed by atoms with Crippen LogP contribution >= 0.6 is 0 Å². The molecule has 5 heteroatoms. The van der Waals surface area contributed by atoms with E-state index in [-0.39, 0.29) is 18.6 Å². The number of carbonyl (C=O) groups excluding carboxylic acids is 2. The number of amides is 1. The molecule has 28 heavy (non-hydrogen) atoms. The van der Waals surface area contributed by atoms with Gasteiger partial charge in [-0.1, -0.05) is 44.9 Å². The van der Waals surface area contributed by atoms with Crippen LogP contribution in [0.15, 0.2) is 24.3 Å². The molecule has 0 bridgehead atoms. The molecule has 1 saturated carbocycles. The van der Waals surface area contributed by atoms with E-state index in [2.05, 4.69) is 19.2 Å². The zero-order valence-corrected chi connectivity index (χ0v) is 16.7. The lowest BCUT2D eigenvalue weighted by atomic mass is 9.78. The van der Waals surface area contributed by atoms with Crippen molar-refractivity contribution in [3.05, 3.63) is 41.1 Å². The molecule has 2 aromatic rings. The van der Waals surface area contributed by atoms with Crippen LogP contribution < -0.4 is 5.32 Å². The fourth-order valence-electron chi connectivity index (χ4n) is 4.68. The van der Waals surface area contributed by atoms with Crippen molar-refractivity contribution in [1.29, 1.82) is 0 Å². The molecule has 1 heterocycles. The van der Waals surface area contributed by atoms with E-state index >= 15 is 0 Å². The van der Waals surface area contributed by atoms with Gasteiger partial charge in [0.2, 0.25) is 0 Å². The number of aromatic nitrogens is 1. The number of nitrogens with zero attached hydrogens (tertiary/aromatic N) is 1. The van der Waals surface area contributed by atoms with E-state index in [9.17, 15) is 9.59 Å². The molecule has 0 saturated heterocycles. The Labute approximate surface area is 165 Å². The highest BCUT2D eigenvalue weighted by Gasteiger charge is 2.29. The summed E-state index contributed by atoms with van der Waals surface area (Å²) >= 11 is 0. The number of aryl methyl sites for hydroxylation is 1. The van der Waals surface area contributed by atoms with Crippen molar-refractivity contribution in [3.8, 4) is 0 Å². The SMILES string of the molecule is C[C@@H]1[C@H](C)CCC[C@H]1NC(=O)COC(=O)c1c2c(nc3ccccc13)CCC2. The largest absolute Gasteiger partial charge is 0.452 e. The fourth-order valence-corrected chi connectivity index (χ4v) is 4.68. The average molecular weight is 380 g/mol. The second-order valence-corrected chi connectivity index (χ2v) is 8.30. The highest BCUT2D eigenvalue weighted by Crippen LogP contribution is 2.31. The van der Waals surface area contributed by atoms with Crippen LogP contribution in [0, 0.1) is 11.8 Å². The minimum atomic E-state index is -0.419. The number of ether oxygens (including phenoxy) is 1. The molecule has 1 aromatic heterocycles. The third-order valence-corrected chi connectivity index (χ3v) is 6.51. The number of fused-ring (bicyclic) bond motifs is 2. The Morgan fingerprint density at radius 2 is 1.96 bits per heavy atom. The van der Waals surface area contributed by atoms with E-state index in [0.29, 0.717) is 17.4 Å². The van der Waals surface area contributed by atoms with E-state index in [1.807, 2.05) is 24.3 Å². The summed E-state index contributed by atoms with van der Waals surface area (Å²) in [6.07, 6.45) is 6.05. The molecule has 0 unspecified atom stereocenters. The minimum absolute atomic E-state index is 0.168. The predicted molar refractivity (Wildman–Crippen MR) is 108 cm³/mol. The topological polar surface area (TPSA) is 68.3 Å². The summed E-state index contributed by atoms with van der Waals surface area (Å²) in [5.74, 6) is 0.416.